The standard InChI is InChI=1S/C24H21Cl2FN2O4S/c25-18-8-4-16(5-9-18)23(17-6-10-19(26)11-7-17)29-12-15(13-29)14-34(32,33)28-21-3-1-2-20(22(21)27)24(30)31/h1-11,15,23,28H,12-14H2,(H,30,31). The smallest absolute Gasteiger partial charge is 0.338 e. The quantitative estimate of drug-likeness (QED) is 0.419. The number of benzene rings is 3. The number of hydrogen-bond donors (Lipinski definition) is 2. The molecule has 0 aliphatic carbocycles. The summed E-state index contributed by atoms with van der Waals surface area (Å²) in [6, 6.07) is 18.4. The molecule has 0 bridgehead atoms. The Balaban J connectivity index is 1.47. The van der Waals surface area contributed by atoms with Crippen LogP contribution in [0.3, 0.4) is 0 Å². The number of carboxylic acid groups (broad SMARTS) is 1. The molecule has 0 radical (unpaired) electrons. The number of carbonyl (C=O) groups is 1. The maximum absolute atomic E-state index is 14.4. The van der Waals surface area contributed by atoms with Gasteiger partial charge in [-0.3, -0.25) is 9.62 Å². The maximum Gasteiger partial charge on any atom is 0.338 e. The molecule has 1 aliphatic rings. The number of carboxylic acids is 1. The molecule has 6 nitrogen and oxygen atoms in total. The Labute approximate surface area is 207 Å². The lowest BCUT2D eigenvalue weighted by molar-refractivity contribution is 0.0692. The van der Waals surface area contributed by atoms with Crippen molar-refractivity contribution in [3.05, 3.63) is 99.3 Å². The predicted molar refractivity (Wildman–Crippen MR) is 131 cm³/mol. The monoisotopic (exact) mass is 522 g/mol. The molecule has 0 atom stereocenters. The molecule has 10 heteroatoms. The van der Waals surface area contributed by atoms with E-state index in [2.05, 4.69) is 9.62 Å². The van der Waals surface area contributed by atoms with Gasteiger partial charge in [0.1, 0.15) is 0 Å². The lowest BCUT2D eigenvalue weighted by atomic mass is 9.91. The summed E-state index contributed by atoms with van der Waals surface area (Å²) >= 11 is 12.1. The second-order valence-electron chi connectivity index (χ2n) is 8.18. The Morgan fingerprint density at radius 3 is 2.03 bits per heavy atom. The third kappa shape index (κ3) is 5.52. The lowest BCUT2D eigenvalue weighted by Crippen LogP contribution is -2.51. The number of likely N-dealkylation sites (tertiary alicyclic amines) is 1. The van der Waals surface area contributed by atoms with E-state index in [1.54, 1.807) is 0 Å². The number of halogens is 3. The number of anilines is 1. The third-order valence-corrected chi connectivity index (χ3v) is 7.62. The van der Waals surface area contributed by atoms with Crippen molar-refractivity contribution in [1.29, 1.82) is 0 Å². The Hall–Kier alpha value is -2.65. The first-order chi connectivity index (χ1) is 16.1. The fourth-order valence-corrected chi connectivity index (χ4v) is 5.79. The molecule has 1 fully saturated rings. The average molecular weight is 523 g/mol. The van der Waals surface area contributed by atoms with Crippen LogP contribution in [0.5, 0.6) is 0 Å². The van der Waals surface area contributed by atoms with Gasteiger partial charge >= 0.3 is 5.97 Å². The van der Waals surface area contributed by atoms with E-state index in [9.17, 15) is 17.6 Å². The normalized spacial score (nSPS) is 14.7. The first-order valence-corrected chi connectivity index (χ1v) is 12.8. The van der Waals surface area contributed by atoms with Crippen LogP contribution in [-0.2, 0) is 10.0 Å². The SMILES string of the molecule is O=C(O)c1cccc(NS(=O)(=O)CC2CN(C(c3ccc(Cl)cc3)c3ccc(Cl)cc3)C2)c1F. The second-order valence-corrected chi connectivity index (χ2v) is 10.8. The fraction of sp³-hybridized carbons (Fsp3) is 0.208. The van der Waals surface area contributed by atoms with Crippen LogP contribution in [0.25, 0.3) is 0 Å². The van der Waals surface area contributed by atoms with Crippen LogP contribution >= 0.6 is 23.2 Å². The van der Waals surface area contributed by atoms with E-state index in [0.717, 1.165) is 17.2 Å². The summed E-state index contributed by atoms with van der Waals surface area (Å²) in [4.78, 5) is 13.3. The van der Waals surface area contributed by atoms with Gasteiger partial charge in [0, 0.05) is 29.1 Å². The maximum atomic E-state index is 14.4. The van der Waals surface area contributed by atoms with Crippen LogP contribution in [0.1, 0.15) is 27.5 Å². The number of nitrogens with zero attached hydrogens (tertiary/aromatic N) is 1. The third-order valence-electron chi connectivity index (χ3n) is 5.67. The molecule has 3 aromatic rings. The summed E-state index contributed by atoms with van der Waals surface area (Å²) in [6.07, 6.45) is 0. The molecule has 34 heavy (non-hydrogen) atoms. The van der Waals surface area contributed by atoms with E-state index in [-0.39, 0.29) is 23.4 Å². The minimum Gasteiger partial charge on any atom is -0.478 e. The van der Waals surface area contributed by atoms with Gasteiger partial charge in [0.15, 0.2) is 5.82 Å². The molecule has 0 saturated carbocycles. The highest BCUT2D eigenvalue weighted by molar-refractivity contribution is 7.92. The Morgan fingerprint density at radius 1 is 1.00 bits per heavy atom. The van der Waals surface area contributed by atoms with Crippen molar-refractivity contribution in [2.45, 2.75) is 6.04 Å². The summed E-state index contributed by atoms with van der Waals surface area (Å²) in [5.74, 6) is -2.97. The largest absolute Gasteiger partial charge is 0.478 e. The molecule has 4 rings (SSSR count). The van der Waals surface area contributed by atoms with Crippen LogP contribution in [0.15, 0.2) is 66.7 Å². The van der Waals surface area contributed by atoms with Gasteiger partial charge in [-0.2, -0.15) is 0 Å². The molecule has 178 valence electrons. The highest BCUT2D eigenvalue weighted by Crippen LogP contribution is 2.36. The van der Waals surface area contributed by atoms with Crippen molar-refractivity contribution in [3.8, 4) is 0 Å². The van der Waals surface area contributed by atoms with Crippen LogP contribution in [0.4, 0.5) is 10.1 Å². The molecular weight excluding hydrogens is 502 g/mol. The van der Waals surface area contributed by atoms with E-state index in [1.165, 1.54) is 12.1 Å². The van der Waals surface area contributed by atoms with Gasteiger partial charge in [-0.1, -0.05) is 53.5 Å². The topological polar surface area (TPSA) is 86.7 Å². The lowest BCUT2D eigenvalue weighted by Gasteiger charge is -2.44. The minimum atomic E-state index is -3.89. The molecule has 0 spiro atoms. The van der Waals surface area contributed by atoms with Crippen molar-refractivity contribution in [2.24, 2.45) is 5.92 Å². The highest BCUT2D eigenvalue weighted by atomic mass is 35.5. The molecule has 1 aliphatic heterocycles. The van der Waals surface area contributed by atoms with E-state index in [0.29, 0.717) is 23.1 Å². The first-order valence-electron chi connectivity index (χ1n) is 10.4. The van der Waals surface area contributed by atoms with Gasteiger partial charge in [-0.15, -0.1) is 0 Å². The number of hydrogen-bond acceptors (Lipinski definition) is 4. The summed E-state index contributed by atoms with van der Waals surface area (Å²) in [5.41, 5.74) is 1.05. The van der Waals surface area contributed by atoms with Gasteiger partial charge in [-0.25, -0.2) is 17.6 Å². The number of nitrogens with one attached hydrogen (secondary N) is 1. The number of sulfonamides is 1. The zero-order valence-electron chi connectivity index (χ0n) is 17.8. The fourth-order valence-electron chi connectivity index (χ4n) is 4.13. The van der Waals surface area contributed by atoms with Crippen LogP contribution in [-0.4, -0.2) is 43.2 Å². The summed E-state index contributed by atoms with van der Waals surface area (Å²) in [5, 5.41) is 10.3. The molecule has 0 amide bonds. The zero-order chi connectivity index (χ0) is 24.5. The van der Waals surface area contributed by atoms with Crippen molar-refractivity contribution < 1.29 is 22.7 Å². The van der Waals surface area contributed by atoms with E-state index < -0.39 is 27.4 Å². The van der Waals surface area contributed by atoms with Gasteiger partial charge < -0.3 is 5.11 Å². The zero-order valence-corrected chi connectivity index (χ0v) is 20.1. The van der Waals surface area contributed by atoms with Crippen LogP contribution in [0, 0.1) is 11.7 Å². The molecule has 1 saturated heterocycles. The van der Waals surface area contributed by atoms with Gasteiger partial charge in [0.25, 0.3) is 0 Å². The molecule has 0 aromatic heterocycles. The molecule has 2 N–H and O–H groups in total. The van der Waals surface area contributed by atoms with E-state index >= 15 is 0 Å². The number of rotatable bonds is 8. The number of aromatic carboxylic acids is 1. The second kappa shape index (κ2) is 9.92. The molecule has 0 unspecified atom stereocenters. The Bertz CT molecular complexity index is 1250. The molecule has 1 heterocycles. The molecular formula is C24H21Cl2FN2O4S. The van der Waals surface area contributed by atoms with Gasteiger partial charge in [0.05, 0.1) is 23.0 Å². The van der Waals surface area contributed by atoms with E-state index in [1.807, 2.05) is 48.5 Å². The van der Waals surface area contributed by atoms with Crippen molar-refractivity contribution in [1.82, 2.24) is 4.90 Å². The Morgan fingerprint density at radius 2 is 1.53 bits per heavy atom. The summed E-state index contributed by atoms with van der Waals surface area (Å²) in [7, 11) is -3.89. The van der Waals surface area contributed by atoms with Gasteiger partial charge in [-0.05, 0) is 47.5 Å². The molecule has 3 aromatic carbocycles. The predicted octanol–water partition coefficient (Wildman–Crippen LogP) is 5.29. The van der Waals surface area contributed by atoms with Crippen molar-refractivity contribution >= 4 is 44.9 Å². The van der Waals surface area contributed by atoms with Crippen LogP contribution in [0.2, 0.25) is 10.0 Å². The first kappa shape index (κ1) is 24.5. The van der Waals surface area contributed by atoms with Crippen molar-refractivity contribution in [3.63, 3.8) is 0 Å². The highest BCUT2D eigenvalue weighted by Gasteiger charge is 2.36. The summed E-state index contributed by atoms with van der Waals surface area (Å²) in [6.45, 7) is 1.02. The summed E-state index contributed by atoms with van der Waals surface area (Å²) < 4.78 is 41.8. The minimum absolute atomic E-state index is 0.105. The van der Waals surface area contributed by atoms with Gasteiger partial charge in [0.2, 0.25) is 10.0 Å². The Kier molecular flexibility index (Phi) is 7.14. The van der Waals surface area contributed by atoms with E-state index in [4.69, 9.17) is 28.3 Å². The van der Waals surface area contributed by atoms with Crippen molar-refractivity contribution in [2.75, 3.05) is 23.6 Å². The average Bonchev–Trinajstić information content (AvgIpc) is 2.75. The van der Waals surface area contributed by atoms with Crippen LogP contribution < -0.4 is 4.72 Å².